The molecule has 0 amide bonds. The van der Waals surface area contributed by atoms with E-state index in [0.717, 1.165) is 9.87 Å². The monoisotopic (exact) mass is 299 g/mol. The van der Waals surface area contributed by atoms with Gasteiger partial charge < -0.3 is 5.11 Å². The third-order valence-electron chi connectivity index (χ3n) is 3.17. The molecule has 0 aliphatic carbocycles. The maximum atomic E-state index is 12.3. The minimum Gasteiger partial charge on any atom is -0.480 e. The lowest BCUT2D eigenvalue weighted by atomic mass is 10.0. The molecule has 112 valence electrons. The van der Waals surface area contributed by atoms with Gasteiger partial charge in [-0.25, -0.2) is 13.2 Å². The number of nitrogens with zero attached hydrogens (tertiary/aromatic N) is 1. The summed E-state index contributed by atoms with van der Waals surface area (Å²) in [7, 11) is -3.66. The summed E-state index contributed by atoms with van der Waals surface area (Å²) in [5.41, 5.74) is 1.26. The molecule has 1 unspecified atom stereocenters. The summed E-state index contributed by atoms with van der Waals surface area (Å²) >= 11 is 0. The van der Waals surface area contributed by atoms with Crippen molar-refractivity contribution in [3.8, 4) is 0 Å². The molecule has 0 bridgehead atoms. The van der Waals surface area contributed by atoms with Gasteiger partial charge in [0, 0.05) is 0 Å². The second-order valence-electron chi connectivity index (χ2n) is 4.92. The van der Waals surface area contributed by atoms with Crippen LogP contribution in [0, 0.1) is 0 Å². The van der Waals surface area contributed by atoms with E-state index >= 15 is 0 Å². The van der Waals surface area contributed by atoms with Crippen molar-refractivity contribution in [1.82, 2.24) is 0 Å². The molecule has 0 aliphatic rings. The van der Waals surface area contributed by atoms with Crippen molar-refractivity contribution < 1.29 is 18.3 Å². The normalized spacial score (nSPS) is 13.2. The summed E-state index contributed by atoms with van der Waals surface area (Å²) < 4.78 is 25.6. The molecule has 0 aromatic heterocycles. The van der Waals surface area contributed by atoms with Crippen molar-refractivity contribution in [1.29, 1.82) is 0 Å². The van der Waals surface area contributed by atoms with Gasteiger partial charge in [-0.15, -0.1) is 0 Å². The fraction of sp³-hybridized carbons (Fsp3) is 0.500. The molecule has 0 radical (unpaired) electrons. The Labute approximate surface area is 120 Å². The molecule has 1 aromatic rings. The molecule has 0 spiro atoms. The molecule has 1 aromatic carbocycles. The number of para-hydroxylation sites is 1. The van der Waals surface area contributed by atoms with Gasteiger partial charge in [-0.2, -0.15) is 0 Å². The molecule has 0 aliphatic heterocycles. The van der Waals surface area contributed by atoms with Crippen LogP contribution in [0.15, 0.2) is 24.3 Å². The van der Waals surface area contributed by atoms with Crippen LogP contribution in [0.2, 0.25) is 0 Å². The molecule has 0 saturated carbocycles. The minimum absolute atomic E-state index is 0.0988. The predicted molar refractivity (Wildman–Crippen MR) is 79.6 cm³/mol. The molecule has 5 nitrogen and oxygen atoms in total. The number of aliphatic carboxylic acids is 1. The average molecular weight is 299 g/mol. The van der Waals surface area contributed by atoms with Gasteiger partial charge in [-0.3, -0.25) is 4.31 Å². The SMILES string of the molecule is CCS(=O)(=O)N(c1ccccc1C(C)C)C(C)C(=O)O. The van der Waals surface area contributed by atoms with Gasteiger partial charge in [0.25, 0.3) is 0 Å². The number of rotatable bonds is 6. The van der Waals surface area contributed by atoms with Crippen LogP contribution in [0.25, 0.3) is 0 Å². The summed E-state index contributed by atoms with van der Waals surface area (Å²) in [5.74, 6) is -1.21. The molecule has 0 saturated heterocycles. The van der Waals surface area contributed by atoms with E-state index in [4.69, 9.17) is 0 Å². The highest BCUT2D eigenvalue weighted by atomic mass is 32.2. The molecule has 1 atom stereocenters. The Balaban J connectivity index is 3.51. The lowest BCUT2D eigenvalue weighted by molar-refractivity contribution is -0.137. The topological polar surface area (TPSA) is 74.7 Å². The molecular formula is C14H21NO4S. The number of benzene rings is 1. The number of hydrogen-bond donors (Lipinski definition) is 1. The molecule has 1 rings (SSSR count). The molecule has 0 fully saturated rings. The van der Waals surface area contributed by atoms with Crippen LogP contribution in [0.4, 0.5) is 5.69 Å². The zero-order chi connectivity index (χ0) is 15.5. The van der Waals surface area contributed by atoms with E-state index in [1.807, 2.05) is 26.0 Å². The third kappa shape index (κ3) is 3.30. The second kappa shape index (κ2) is 6.26. The number of carboxylic acids is 1. The maximum absolute atomic E-state index is 12.3. The maximum Gasteiger partial charge on any atom is 0.327 e. The highest BCUT2D eigenvalue weighted by molar-refractivity contribution is 7.92. The van der Waals surface area contributed by atoms with Crippen LogP contribution in [-0.2, 0) is 14.8 Å². The predicted octanol–water partition coefficient (Wildman–Crippen LogP) is 2.44. The van der Waals surface area contributed by atoms with E-state index < -0.39 is 22.0 Å². The van der Waals surface area contributed by atoms with Crippen molar-refractivity contribution in [2.24, 2.45) is 0 Å². The fourth-order valence-electron chi connectivity index (χ4n) is 2.02. The molecule has 6 heteroatoms. The third-order valence-corrected chi connectivity index (χ3v) is 5.01. The summed E-state index contributed by atoms with van der Waals surface area (Å²) in [6.45, 7) is 6.78. The zero-order valence-corrected chi connectivity index (χ0v) is 13.0. The number of sulfonamides is 1. The van der Waals surface area contributed by atoms with Crippen LogP contribution in [0.3, 0.4) is 0 Å². The molecule has 1 N–H and O–H groups in total. The first-order chi connectivity index (χ1) is 9.22. The summed E-state index contributed by atoms with van der Waals surface area (Å²) in [6.07, 6.45) is 0. The average Bonchev–Trinajstić information content (AvgIpc) is 2.38. The van der Waals surface area contributed by atoms with E-state index in [0.29, 0.717) is 5.69 Å². The van der Waals surface area contributed by atoms with Crippen LogP contribution in [-0.4, -0.2) is 31.3 Å². The van der Waals surface area contributed by atoms with E-state index in [-0.39, 0.29) is 11.7 Å². The standard InChI is InChI=1S/C14H21NO4S/c1-5-20(18,19)15(11(4)14(16)17)13-9-7-6-8-12(13)10(2)3/h6-11H,5H2,1-4H3,(H,16,17). The van der Waals surface area contributed by atoms with Crippen LogP contribution in [0.5, 0.6) is 0 Å². The number of carboxylic acid groups (broad SMARTS) is 1. The lowest BCUT2D eigenvalue weighted by Gasteiger charge is -2.30. The summed E-state index contributed by atoms with van der Waals surface area (Å²) in [5, 5.41) is 9.20. The Morgan fingerprint density at radius 3 is 2.25 bits per heavy atom. The highest BCUT2D eigenvalue weighted by Gasteiger charge is 2.32. The van der Waals surface area contributed by atoms with Crippen LogP contribution >= 0.6 is 0 Å². The van der Waals surface area contributed by atoms with Crippen molar-refractivity contribution in [2.75, 3.05) is 10.1 Å². The van der Waals surface area contributed by atoms with Gasteiger partial charge in [0.2, 0.25) is 10.0 Å². The van der Waals surface area contributed by atoms with Gasteiger partial charge in [-0.05, 0) is 31.4 Å². The van der Waals surface area contributed by atoms with Gasteiger partial charge >= 0.3 is 5.97 Å². The van der Waals surface area contributed by atoms with E-state index in [9.17, 15) is 18.3 Å². The summed E-state index contributed by atoms with van der Waals surface area (Å²) in [6, 6.07) is 5.88. The smallest absolute Gasteiger partial charge is 0.327 e. The largest absolute Gasteiger partial charge is 0.480 e. The first-order valence-electron chi connectivity index (χ1n) is 6.56. The first kappa shape index (κ1) is 16.5. The zero-order valence-electron chi connectivity index (χ0n) is 12.2. The van der Waals surface area contributed by atoms with Crippen molar-refractivity contribution >= 4 is 21.7 Å². The van der Waals surface area contributed by atoms with Gasteiger partial charge in [0.05, 0.1) is 11.4 Å². The van der Waals surface area contributed by atoms with Crippen molar-refractivity contribution in [3.63, 3.8) is 0 Å². The van der Waals surface area contributed by atoms with Crippen LogP contribution < -0.4 is 4.31 Å². The first-order valence-corrected chi connectivity index (χ1v) is 8.17. The lowest BCUT2D eigenvalue weighted by Crippen LogP contribution is -2.44. The Bertz CT molecular complexity index is 581. The molecule has 20 heavy (non-hydrogen) atoms. The van der Waals surface area contributed by atoms with Gasteiger partial charge in [0.1, 0.15) is 6.04 Å². The number of anilines is 1. The Morgan fingerprint density at radius 2 is 1.80 bits per heavy atom. The van der Waals surface area contributed by atoms with E-state index in [1.54, 1.807) is 12.1 Å². The quantitative estimate of drug-likeness (QED) is 0.875. The molecular weight excluding hydrogens is 278 g/mol. The number of hydrogen-bond acceptors (Lipinski definition) is 3. The fourth-order valence-corrected chi connectivity index (χ4v) is 3.33. The molecule has 0 heterocycles. The minimum atomic E-state index is -3.66. The van der Waals surface area contributed by atoms with E-state index in [2.05, 4.69) is 0 Å². The second-order valence-corrected chi connectivity index (χ2v) is 7.06. The highest BCUT2D eigenvalue weighted by Crippen LogP contribution is 2.31. The van der Waals surface area contributed by atoms with Crippen molar-refractivity contribution in [3.05, 3.63) is 29.8 Å². The van der Waals surface area contributed by atoms with Crippen molar-refractivity contribution in [2.45, 2.75) is 39.7 Å². The number of carbonyl (C=O) groups is 1. The summed E-state index contributed by atoms with van der Waals surface area (Å²) in [4.78, 5) is 11.3. The Kier molecular flexibility index (Phi) is 5.16. The Morgan fingerprint density at radius 1 is 1.25 bits per heavy atom. The van der Waals surface area contributed by atoms with Crippen LogP contribution in [0.1, 0.15) is 39.2 Å². The Hall–Kier alpha value is -1.56. The van der Waals surface area contributed by atoms with Gasteiger partial charge in [-0.1, -0.05) is 32.0 Å². The van der Waals surface area contributed by atoms with E-state index in [1.165, 1.54) is 13.8 Å². The van der Waals surface area contributed by atoms with Gasteiger partial charge in [0.15, 0.2) is 0 Å².